The number of aromatic amines is 1. The van der Waals surface area contributed by atoms with Gasteiger partial charge in [0, 0.05) is 22.3 Å². The quantitative estimate of drug-likeness (QED) is 0.426. The second kappa shape index (κ2) is 9.43. The lowest BCUT2D eigenvalue weighted by Crippen LogP contribution is -2.33. The lowest BCUT2D eigenvalue weighted by Gasteiger charge is -2.26. The minimum Gasteiger partial charge on any atom is -0.493 e. The third-order valence-corrected chi connectivity index (χ3v) is 6.15. The summed E-state index contributed by atoms with van der Waals surface area (Å²) in [5, 5.41) is 0.925. The number of nitrogens with zero attached hydrogens (tertiary/aromatic N) is 1. The van der Waals surface area contributed by atoms with E-state index >= 15 is 0 Å². The van der Waals surface area contributed by atoms with E-state index in [4.69, 9.17) is 9.47 Å². The molecule has 1 aromatic heterocycles. The van der Waals surface area contributed by atoms with Gasteiger partial charge in [0.1, 0.15) is 0 Å². The summed E-state index contributed by atoms with van der Waals surface area (Å²) in [4.78, 5) is 31.4. The number of anilines is 1. The van der Waals surface area contributed by atoms with Gasteiger partial charge >= 0.3 is 0 Å². The third kappa shape index (κ3) is 4.39. The van der Waals surface area contributed by atoms with Crippen molar-refractivity contribution in [2.75, 3.05) is 19.1 Å². The van der Waals surface area contributed by atoms with Crippen LogP contribution in [0.15, 0.2) is 65.5 Å². The van der Waals surface area contributed by atoms with Crippen molar-refractivity contribution in [1.82, 2.24) is 4.98 Å². The summed E-state index contributed by atoms with van der Waals surface area (Å²) in [5.41, 5.74) is 5.38. The maximum Gasteiger partial charge on any atom is 0.258 e. The first-order valence-corrected chi connectivity index (χ1v) is 11.0. The van der Waals surface area contributed by atoms with Gasteiger partial charge in [0.25, 0.3) is 11.5 Å². The molecule has 1 N–H and O–H groups in total. The molecule has 1 heterocycles. The molecule has 0 aliphatic heterocycles. The summed E-state index contributed by atoms with van der Waals surface area (Å²) in [6.07, 6.45) is 0. The van der Waals surface area contributed by atoms with Gasteiger partial charge in [-0.25, -0.2) is 0 Å². The number of amides is 1. The van der Waals surface area contributed by atoms with Gasteiger partial charge < -0.3 is 19.4 Å². The smallest absolute Gasteiger partial charge is 0.258 e. The Morgan fingerprint density at radius 1 is 0.912 bits per heavy atom. The molecule has 0 unspecified atom stereocenters. The summed E-state index contributed by atoms with van der Waals surface area (Å²) in [6, 6.07) is 18.6. The largest absolute Gasteiger partial charge is 0.493 e. The number of benzene rings is 3. The summed E-state index contributed by atoms with van der Waals surface area (Å²) in [6.45, 7) is 6.11. The number of carbonyl (C=O) groups is 1. The van der Waals surface area contributed by atoms with E-state index < -0.39 is 0 Å². The highest BCUT2D eigenvalue weighted by molar-refractivity contribution is 6.07. The van der Waals surface area contributed by atoms with Crippen LogP contribution in [0, 0.1) is 20.8 Å². The average Bonchev–Trinajstić information content (AvgIpc) is 2.84. The first kappa shape index (κ1) is 23.1. The van der Waals surface area contributed by atoms with Crippen molar-refractivity contribution in [1.29, 1.82) is 0 Å². The molecule has 3 aromatic carbocycles. The minimum atomic E-state index is -0.238. The molecule has 0 fully saturated rings. The number of nitrogens with one attached hydrogen (secondary N) is 1. The molecule has 0 aliphatic carbocycles. The number of carbonyl (C=O) groups excluding carboxylic acids is 1. The zero-order valence-electron chi connectivity index (χ0n) is 20.1. The van der Waals surface area contributed by atoms with Crippen LogP contribution in [0.25, 0.3) is 10.9 Å². The Balaban J connectivity index is 1.83. The maximum atomic E-state index is 13.8. The fourth-order valence-corrected chi connectivity index (χ4v) is 4.08. The van der Waals surface area contributed by atoms with Crippen LogP contribution in [0.5, 0.6) is 11.5 Å². The highest BCUT2D eigenvalue weighted by atomic mass is 16.5. The van der Waals surface area contributed by atoms with Crippen molar-refractivity contribution in [3.05, 3.63) is 98.8 Å². The second-order valence-corrected chi connectivity index (χ2v) is 8.39. The summed E-state index contributed by atoms with van der Waals surface area (Å²) in [7, 11) is 3.08. The van der Waals surface area contributed by atoms with Gasteiger partial charge in [-0.15, -0.1) is 0 Å². The minimum absolute atomic E-state index is 0.122. The van der Waals surface area contributed by atoms with E-state index in [1.165, 1.54) is 7.11 Å². The van der Waals surface area contributed by atoms with Crippen LogP contribution in [0.4, 0.5) is 5.69 Å². The van der Waals surface area contributed by atoms with Crippen LogP contribution >= 0.6 is 0 Å². The van der Waals surface area contributed by atoms with Gasteiger partial charge in [-0.3, -0.25) is 9.59 Å². The summed E-state index contributed by atoms with van der Waals surface area (Å²) in [5.74, 6) is 0.769. The van der Waals surface area contributed by atoms with E-state index in [1.54, 1.807) is 30.2 Å². The molecule has 1 amide bonds. The number of pyridine rings is 1. The zero-order chi connectivity index (χ0) is 24.4. The van der Waals surface area contributed by atoms with E-state index in [0.29, 0.717) is 22.6 Å². The van der Waals surface area contributed by atoms with Crippen LogP contribution in [-0.4, -0.2) is 25.1 Å². The van der Waals surface area contributed by atoms with Crippen molar-refractivity contribution in [3.8, 4) is 11.5 Å². The maximum absolute atomic E-state index is 13.8. The van der Waals surface area contributed by atoms with Crippen LogP contribution in [-0.2, 0) is 6.54 Å². The number of H-pyrrole nitrogens is 1. The van der Waals surface area contributed by atoms with E-state index in [1.807, 2.05) is 63.2 Å². The summed E-state index contributed by atoms with van der Waals surface area (Å²) < 4.78 is 10.7. The van der Waals surface area contributed by atoms with Gasteiger partial charge in [-0.05, 0) is 79.7 Å². The fraction of sp³-hybridized carbons (Fsp3) is 0.214. The molecule has 0 aliphatic rings. The Labute approximate surface area is 198 Å². The van der Waals surface area contributed by atoms with E-state index in [0.717, 1.165) is 33.3 Å². The SMILES string of the molecule is COc1ccc(C(=O)N(Cc2cc3cc(C)ccc3[nH]c2=O)c2cccc(C)c2C)cc1OC. The Morgan fingerprint density at radius 3 is 2.41 bits per heavy atom. The number of methoxy groups -OCH3 is 2. The summed E-state index contributed by atoms with van der Waals surface area (Å²) >= 11 is 0. The van der Waals surface area contributed by atoms with Gasteiger partial charge in [0.15, 0.2) is 11.5 Å². The number of ether oxygens (including phenoxy) is 2. The van der Waals surface area contributed by atoms with Crippen LogP contribution in [0.2, 0.25) is 0 Å². The predicted molar refractivity (Wildman–Crippen MR) is 135 cm³/mol. The Kier molecular flexibility index (Phi) is 6.41. The lowest BCUT2D eigenvalue weighted by atomic mass is 10.0. The predicted octanol–water partition coefficient (Wildman–Crippen LogP) is 5.32. The molecule has 0 atom stereocenters. The molecule has 4 aromatic rings. The van der Waals surface area contributed by atoms with E-state index in [-0.39, 0.29) is 18.0 Å². The van der Waals surface area contributed by atoms with Gasteiger partial charge in [0.2, 0.25) is 0 Å². The number of rotatable bonds is 6. The lowest BCUT2D eigenvalue weighted by molar-refractivity contribution is 0.0984. The molecule has 0 bridgehead atoms. The first-order chi connectivity index (χ1) is 16.3. The molecule has 0 spiro atoms. The van der Waals surface area contributed by atoms with Crippen molar-refractivity contribution in [3.63, 3.8) is 0 Å². The van der Waals surface area contributed by atoms with E-state index in [2.05, 4.69) is 4.98 Å². The van der Waals surface area contributed by atoms with Crippen LogP contribution in [0.3, 0.4) is 0 Å². The zero-order valence-corrected chi connectivity index (χ0v) is 20.1. The van der Waals surface area contributed by atoms with Gasteiger partial charge in [0.05, 0.1) is 20.8 Å². The molecule has 0 saturated carbocycles. The standard InChI is InChI=1S/C28H28N2O4/c1-17-9-11-23-21(13-17)14-22(27(31)29-23)16-30(24-8-6-7-18(2)19(24)3)28(32)20-10-12-25(33-4)26(15-20)34-5/h6-15H,16H2,1-5H3,(H,29,31). The Morgan fingerprint density at radius 2 is 1.68 bits per heavy atom. The molecule has 174 valence electrons. The normalized spacial score (nSPS) is 10.9. The monoisotopic (exact) mass is 456 g/mol. The van der Waals surface area contributed by atoms with Gasteiger partial charge in [-0.1, -0.05) is 23.8 Å². The highest BCUT2D eigenvalue weighted by Crippen LogP contribution is 2.31. The number of hydrogen-bond donors (Lipinski definition) is 1. The second-order valence-electron chi connectivity index (χ2n) is 8.39. The number of aromatic nitrogens is 1. The Hall–Kier alpha value is -4.06. The van der Waals surface area contributed by atoms with Crippen molar-refractivity contribution < 1.29 is 14.3 Å². The average molecular weight is 457 g/mol. The Bertz CT molecular complexity index is 1440. The topological polar surface area (TPSA) is 71.6 Å². The number of hydrogen-bond acceptors (Lipinski definition) is 4. The molecule has 0 saturated heterocycles. The van der Waals surface area contributed by atoms with E-state index in [9.17, 15) is 9.59 Å². The molecule has 6 nitrogen and oxygen atoms in total. The fourth-order valence-electron chi connectivity index (χ4n) is 4.08. The highest BCUT2D eigenvalue weighted by Gasteiger charge is 2.23. The van der Waals surface area contributed by atoms with Crippen molar-refractivity contribution in [2.24, 2.45) is 0 Å². The van der Waals surface area contributed by atoms with Crippen molar-refractivity contribution >= 4 is 22.5 Å². The number of fused-ring (bicyclic) bond motifs is 1. The molecular weight excluding hydrogens is 428 g/mol. The molecular formula is C28H28N2O4. The molecule has 6 heteroatoms. The first-order valence-electron chi connectivity index (χ1n) is 11.0. The van der Waals surface area contributed by atoms with Gasteiger partial charge in [-0.2, -0.15) is 0 Å². The van der Waals surface area contributed by atoms with Crippen LogP contribution in [0.1, 0.15) is 32.6 Å². The van der Waals surface area contributed by atoms with Crippen molar-refractivity contribution in [2.45, 2.75) is 27.3 Å². The molecule has 0 radical (unpaired) electrons. The third-order valence-electron chi connectivity index (χ3n) is 6.15. The molecule has 34 heavy (non-hydrogen) atoms. The number of aryl methyl sites for hydroxylation is 2. The van der Waals surface area contributed by atoms with Crippen LogP contribution < -0.4 is 19.9 Å². The molecule has 4 rings (SSSR count).